The van der Waals surface area contributed by atoms with Gasteiger partial charge in [0, 0.05) is 31.1 Å². The summed E-state index contributed by atoms with van der Waals surface area (Å²) >= 11 is 7.71. The number of thiophene rings is 1. The van der Waals surface area contributed by atoms with Crippen molar-refractivity contribution in [2.75, 3.05) is 50.9 Å². The molecule has 1 saturated heterocycles. The summed E-state index contributed by atoms with van der Waals surface area (Å²) in [5, 5.41) is 6.54. The first kappa shape index (κ1) is 28.9. The zero-order chi connectivity index (χ0) is 27.7. The van der Waals surface area contributed by atoms with Crippen molar-refractivity contribution in [1.29, 1.82) is 0 Å². The van der Waals surface area contributed by atoms with Crippen LogP contribution in [0.5, 0.6) is 0 Å². The van der Waals surface area contributed by atoms with Gasteiger partial charge in [0.15, 0.2) is 0 Å². The molecular weight excluding hydrogens is 510 g/mol. The van der Waals surface area contributed by atoms with E-state index in [0.29, 0.717) is 40.9 Å². The Kier molecular flexibility index (Phi) is 8.61. The summed E-state index contributed by atoms with van der Waals surface area (Å²) in [6.45, 7) is 13.8. The Hall–Kier alpha value is -2.62. The number of likely N-dealkylation sites (N-methyl/N-ethyl adjacent to an activating group) is 1. The van der Waals surface area contributed by atoms with Gasteiger partial charge < -0.3 is 20.0 Å². The molecule has 2 N–H and O–H groups in total. The summed E-state index contributed by atoms with van der Waals surface area (Å²) in [5.74, 6) is -0.359. The molecule has 1 aliphatic rings. The first-order valence-corrected chi connectivity index (χ1v) is 13.6. The molecule has 0 spiro atoms. The molecule has 1 aromatic heterocycles. The lowest BCUT2D eigenvalue weighted by atomic mass is 9.93. The fourth-order valence-corrected chi connectivity index (χ4v) is 5.43. The minimum atomic E-state index is -1.01. The predicted molar refractivity (Wildman–Crippen MR) is 152 cm³/mol. The number of piperazine rings is 1. The molecule has 10 heteroatoms. The third-order valence-corrected chi connectivity index (χ3v) is 8.49. The van der Waals surface area contributed by atoms with Crippen LogP contribution >= 0.6 is 22.9 Å². The number of benzene rings is 1. The Bertz CT molecular complexity index is 1190. The Labute approximate surface area is 228 Å². The molecular formula is C27H38ClN5O3S. The van der Waals surface area contributed by atoms with Crippen LogP contribution in [0.2, 0.25) is 5.02 Å². The highest BCUT2D eigenvalue weighted by molar-refractivity contribution is 7.16. The maximum atomic E-state index is 13.9. The van der Waals surface area contributed by atoms with Crippen molar-refractivity contribution < 1.29 is 14.4 Å². The van der Waals surface area contributed by atoms with E-state index in [0.717, 1.165) is 17.0 Å². The van der Waals surface area contributed by atoms with Crippen LogP contribution in [0, 0.1) is 6.92 Å². The van der Waals surface area contributed by atoms with Crippen LogP contribution < -0.4 is 10.6 Å². The first-order valence-electron chi connectivity index (χ1n) is 12.4. The number of carbonyl (C=O) groups excluding carboxylic acids is 3. The van der Waals surface area contributed by atoms with Crippen molar-refractivity contribution in [1.82, 2.24) is 14.7 Å². The number of aryl methyl sites for hydroxylation is 1. The van der Waals surface area contributed by atoms with Crippen molar-refractivity contribution in [3.8, 4) is 0 Å². The van der Waals surface area contributed by atoms with Crippen LogP contribution in [-0.4, -0.2) is 78.4 Å². The Morgan fingerprint density at radius 2 is 1.84 bits per heavy atom. The van der Waals surface area contributed by atoms with E-state index in [4.69, 9.17) is 11.6 Å². The van der Waals surface area contributed by atoms with Crippen LogP contribution in [0.3, 0.4) is 0 Å². The fourth-order valence-electron chi connectivity index (χ4n) is 4.15. The number of hydrogen-bond donors (Lipinski definition) is 2. The van der Waals surface area contributed by atoms with Crippen LogP contribution in [-0.2, 0) is 10.2 Å². The standard InChI is InChI=1S/C27H38ClN5O3S/c1-17-10-9-11-19(21(17)28)29-25(36)30-22-18(16-20(37-22)26(2,3)4)23(34)33-15-14-32(13-12-31(7)8)24(35)27(33,5)6/h9-11,16H,12-15H2,1-8H3,(H2,29,30,36). The summed E-state index contributed by atoms with van der Waals surface area (Å²) in [6, 6.07) is 6.74. The Morgan fingerprint density at radius 3 is 2.46 bits per heavy atom. The number of rotatable bonds is 6. The zero-order valence-electron chi connectivity index (χ0n) is 23.0. The maximum Gasteiger partial charge on any atom is 0.324 e. The third-order valence-electron chi connectivity index (χ3n) is 6.51. The number of nitrogens with zero attached hydrogens (tertiary/aromatic N) is 3. The van der Waals surface area contributed by atoms with Crippen LogP contribution in [0.25, 0.3) is 0 Å². The van der Waals surface area contributed by atoms with Gasteiger partial charge in [-0.1, -0.05) is 44.5 Å². The highest BCUT2D eigenvalue weighted by Gasteiger charge is 2.45. The minimum absolute atomic E-state index is 0.0819. The average molecular weight is 548 g/mol. The third kappa shape index (κ3) is 6.45. The molecule has 0 saturated carbocycles. The molecule has 2 aromatic rings. The fraction of sp³-hybridized carbons (Fsp3) is 0.519. The molecule has 37 heavy (non-hydrogen) atoms. The van der Waals surface area contributed by atoms with Gasteiger partial charge in [-0.3, -0.25) is 14.9 Å². The van der Waals surface area contributed by atoms with Crippen molar-refractivity contribution in [2.24, 2.45) is 0 Å². The molecule has 1 aromatic carbocycles. The average Bonchev–Trinajstić information content (AvgIpc) is 3.21. The number of anilines is 2. The topological polar surface area (TPSA) is 85.0 Å². The molecule has 1 fully saturated rings. The van der Waals surface area contributed by atoms with Gasteiger partial charge in [0.1, 0.15) is 10.5 Å². The largest absolute Gasteiger partial charge is 0.338 e. The zero-order valence-corrected chi connectivity index (χ0v) is 24.6. The number of nitrogens with one attached hydrogen (secondary N) is 2. The summed E-state index contributed by atoms with van der Waals surface area (Å²) in [5.41, 5.74) is 0.466. The number of urea groups is 1. The van der Waals surface area contributed by atoms with E-state index in [9.17, 15) is 14.4 Å². The molecule has 4 amide bonds. The number of carbonyl (C=O) groups is 3. The van der Waals surface area contributed by atoms with Gasteiger partial charge >= 0.3 is 6.03 Å². The maximum absolute atomic E-state index is 13.9. The number of amides is 4. The van der Waals surface area contributed by atoms with Crippen molar-refractivity contribution in [3.05, 3.63) is 45.3 Å². The Morgan fingerprint density at radius 1 is 1.16 bits per heavy atom. The van der Waals surface area contributed by atoms with Gasteiger partial charge in [-0.05, 0) is 58.0 Å². The van der Waals surface area contributed by atoms with Crippen LogP contribution in [0.15, 0.2) is 24.3 Å². The second-order valence-corrected chi connectivity index (χ2v) is 12.7. The van der Waals surface area contributed by atoms with Gasteiger partial charge in [0.2, 0.25) is 5.91 Å². The highest BCUT2D eigenvalue weighted by atomic mass is 35.5. The first-order chi connectivity index (χ1) is 17.1. The summed E-state index contributed by atoms with van der Waals surface area (Å²) in [6.07, 6.45) is 0. The lowest BCUT2D eigenvalue weighted by Crippen LogP contribution is -2.65. The number of hydrogen-bond acceptors (Lipinski definition) is 5. The summed E-state index contributed by atoms with van der Waals surface area (Å²) < 4.78 is 0. The molecule has 2 heterocycles. The van der Waals surface area contributed by atoms with Crippen LogP contribution in [0.1, 0.15) is 55.4 Å². The molecule has 202 valence electrons. The minimum Gasteiger partial charge on any atom is -0.338 e. The van der Waals surface area contributed by atoms with E-state index < -0.39 is 11.6 Å². The van der Waals surface area contributed by atoms with Gasteiger partial charge in [0.25, 0.3) is 5.91 Å². The molecule has 3 rings (SSSR count). The molecule has 0 unspecified atom stereocenters. The van der Waals surface area contributed by atoms with E-state index in [1.54, 1.807) is 24.8 Å². The second-order valence-electron chi connectivity index (χ2n) is 11.2. The lowest BCUT2D eigenvalue weighted by molar-refractivity contribution is -0.146. The Balaban J connectivity index is 1.88. The molecule has 8 nitrogen and oxygen atoms in total. The van der Waals surface area contributed by atoms with Gasteiger partial charge in [-0.2, -0.15) is 0 Å². The van der Waals surface area contributed by atoms with Gasteiger partial charge in [-0.25, -0.2) is 4.79 Å². The van der Waals surface area contributed by atoms with E-state index in [2.05, 4.69) is 31.4 Å². The van der Waals surface area contributed by atoms with Crippen LogP contribution in [0.4, 0.5) is 15.5 Å². The van der Waals surface area contributed by atoms with Crippen molar-refractivity contribution in [2.45, 2.75) is 52.5 Å². The smallest absolute Gasteiger partial charge is 0.324 e. The SMILES string of the molecule is Cc1cccc(NC(=O)Nc2sc(C(C)(C)C)cc2C(=O)N2CCN(CCN(C)C)C(=O)C2(C)C)c1Cl. The lowest BCUT2D eigenvalue weighted by Gasteiger charge is -2.46. The summed E-state index contributed by atoms with van der Waals surface area (Å²) in [4.78, 5) is 46.6. The van der Waals surface area contributed by atoms with Gasteiger partial charge in [0.05, 0.1) is 16.3 Å². The highest BCUT2D eigenvalue weighted by Crippen LogP contribution is 2.38. The molecule has 0 aliphatic carbocycles. The molecule has 1 aliphatic heterocycles. The summed E-state index contributed by atoms with van der Waals surface area (Å²) in [7, 11) is 3.94. The molecule has 0 radical (unpaired) electrons. The van der Waals surface area contributed by atoms with E-state index in [1.807, 2.05) is 49.0 Å². The van der Waals surface area contributed by atoms with E-state index >= 15 is 0 Å². The van der Waals surface area contributed by atoms with E-state index in [-0.39, 0.29) is 17.2 Å². The second kappa shape index (κ2) is 11.0. The normalized spacial score (nSPS) is 15.8. The molecule has 0 atom stereocenters. The monoisotopic (exact) mass is 547 g/mol. The number of halogens is 1. The van der Waals surface area contributed by atoms with Gasteiger partial charge in [-0.15, -0.1) is 11.3 Å². The van der Waals surface area contributed by atoms with E-state index in [1.165, 1.54) is 11.3 Å². The quantitative estimate of drug-likeness (QED) is 0.515. The van der Waals surface area contributed by atoms with Crippen molar-refractivity contribution >= 4 is 51.5 Å². The van der Waals surface area contributed by atoms with Crippen molar-refractivity contribution in [3.63, 3.8) is 0 Å². The predicted octanol–water partition coefficient (Wildman–Crippen LogP) is 5.28. The molecule has 0 bridgehead atoms.